The van der Waals surface area contributed by atoms with E-state index in [9.17, 15) is 4.79 Å². The van der Waals surface area contributed by atoms with E-state index in [0.717, 1.165) is 0 Å². The molecule has 0 unspecified atom stereocenters. The van der Waals surface area contributed by atoms with Crippen LogP contribution < -0.4 is 5.32 Å². The lowest BCUT2D eigenvalue weighted by molar-refractivity contribution is -0.136. The van der Waals surface area contributed by atoms with Gasteiger partial charge in [-0.05, 0) is 55.4 Å². The SMILES string of the molecule is Cc1ccc(-c2ccccc2CC2(C(=O)NCCO)CCOCC2)c(C)c1. The van der Waals surface area contributed by atoms with Gasteiger partial charge in [0.25, 0.3) is 0 Å². The first-order valence-corrected chi connectivity index (χ1v) is 9.68. The minimum atomic E-state index is -0.484. The molecule has 27 heavy (non-hydrogen) atoms. The summed E-state index contributed by atoms with van der Waals surface area (Å²) in [5, 5.41) is 12.0. The predicted molar refractivity (Wildman–Crippen MR) is 108 cm³/mol. The van der Waals surface area contributed by atoms with Gasteiger partial charge in [0.05, 0.1) is 12.0 Å². The van der Waals surface area contributed by atoms with E-state index >= 15 is 0 Å². The highest BCUT2D eigenvalue weighted by molar-refractivity contribution is 5.84. The zero-order chi connectivity index (χ0) is 19.3. The highest BCUT2D eigenvalue weighted by Crippen LogP contribution is 2.38. The molecule has 1 fully saturated rings. The number of carbonyl (C=O) groups is 1. The number of nitrogens with one attached hydrogen (secondary N) is 1. The fourth-order valence-electron chi connectivity index (χ4n) is 4.02. The average molecular weight is 367 g/mol. The van der Waals surface area contributed by atoms with Gasteiger partial charge in [-0.2, -0.15) is 0 Å². The van der Waals surface area contributed by atoms with Crippen molar-refractivity contribution in [3.63, 3.8) is 0 Å². The summed E-state index contributed by atoms with van der Waals surface area (Å²) < 4.78 is 5.53. The molecule has 1 aliphatic rings. The van der Waals surface area contributed by atoms with Crippen molar-refractivity contribution >= 4 is 5.91 Å². The maximum atomic E-state index is 13.0. The van der Waals surface area contributed by atoms with E-state index < -0.39 is 5.41 Å². The van der Waals surface area contributed by atoms with Crippen LogP contribution in [0.2, 0.25) is 0 Å². The Kier molecular flexibility index (Phi) is 6.30. The lowest BCUT2D eigenvalue weighted by atomic mass is 9.73. The Balaban J connectivity index is 1.96. The molecule has 0 aromatic heterocycles. The van der Waals surface area contributed by atoms with Gasteiger partial charge in [0.15, 0.2) is 0 Å². The third-order valence-electron chi connectivity index (χ3n) is 5.55. The quantitative estimate of drug-likeness (QED) is 0.822. The molecule has 1 amide bonds. The van der Waals surface area contributed by atoms with E-state index in [1.54, 1.807) is 0 Å². The number of aliphatic hydroxyl groups is 1. The lowest BCUT2D eigenvalue weighted by Crippen LogP contribution is -2.46. The summed E-state index contributed by atoms with van der Waals surface area (Å²) in [5.41, 5.74) is 5.60. The van der Waals surface area contributed by atoms with Crippen LogP contribution in [0.25, 0.3) is 11.1 Å². The molecule has 2 N–H and O–H groups in total. The van der Waals surface area contributed by atoms with Gasteiger partial charge in [-0.25, -0.2) is 0 Å². The van der Waals surface area contributed by atoms with Crippen LogP contribution in [0, 0.1) is 19.3 Å². The normalized spacial score (nSPS) is 16.1. The molecule has 0 atom stereocenters. The van der Waals surface area contributed by atoms with Crippen molar-refractivity contribution in [1.82, 2.24) is 5.32 Å². The Hall–Kier alpha value is -2.17. The van der Waals surface area contributed by atoms with Crippen LogP contribution >= 0.6 is 0 Å². The predicted octanol–water partition coefficient (Wildman–Crippen LogP) is 3.42. The summed E-state index contributed by atoms with van der Waals surface area (Å²) in [7, 11) is 0. The molecule has 2 aromatic carbocycles. The molecule has 144 valence electrons. The Morgan fingerprint density at radius 2 is 1.85 bits per heavy atom. The molecule has 0 bridgehead atoms. The van der Waals surface area contributed by atoms with E-state index in [1.165, 1.54) is 27.8 Å². The number of benzene rings is 2. The second kappa shape index (κ2) is 8.68. The van der Waals surface area contributed by atoms with Crippen molar-refractivity contribution in [3.05, 3.63) is 59.2 Å². The van der Waals surface area contributed by atoms with Gasteiger partial charge in [0.2, 0.25) is 5.91 Å². The van der Waals surface area contributed by atoms with Crippen molar-refractivity contribution in [3.8, 4) is 11.1 Å². The third-order valence-corrected chi connectivity index (χ3v) is 5.55. The van der Waals surface area contributed by atoms with Crippen molar-refractivity contribution in [2.75, 3.05) is 26.4 Å². The van der Waals surface area contributed by atoms with E-state index in [2.05, 4.69) is 55.6 Å². The topological polar surface area (TPSA) is 58.6 Å². The fourth-order valence-corrected chi connectivity index (χ4v) is 4.02. The average Bonchev–Trinajstić information content (AvgIpc) is 2.67. The monoisotopic (exact) mass is 367 g/mol. The van der Waals surface area contributed by atoms with Gasteiger partial charge in [-0.15, -0.1) is 0 Å². The van der Waals surface area contributed by atoms with Gasteiger partial charge in [0.1, 0.15) is 0 Å². The summed E-state index contributed by atoms with van der Waals surface area (Å²) in [6.07, 6.45) is 2.08. The van der Waals surface area contributed by atoms with Gasteiger partial charge < -0.3 is 15.2 Å². The Morgan fingerprint density at radius 3 is 2.56 bits per heavy atom. The zero-order valence-electron chi connectivity index (χ0n) is 16.3. The van der Waals surface area contributed by atoms with E-state index in [0.29, 0.717) is 39.0 Å². The van der Waals surface area contributed by atoms with Crippen LogP contribution in [0.5, 0.6) is 0 Å². The van der Waals surface area contributed by atoms with Crippen LogP contribution in [-0.2, 0) is 16.0 Å². The molecule has 1 saturated heterocycles. The first kappa shape index (κ1) is 19.6. The molecule has 0 radical (unpaired) electrons. The fraction of sp³-hybridized carbons (Fsp3) is 0.435. The number of aryl methyl sites for hydroxylation is 2. The number of hydrogen-bond donors (Lipinski definition) is 2. The number of hydrogen-bond acceptors (Lipinski definition) is 3. The third kappa shape index (κ3) is 4.40. The summed E-state index contributed by atoms with van der Waals surface area (Å²) in [6, 6.07) is 14.9. The molecular weight excluding hydrogens is 338 g/mol. The largest absolute Gasteiger partial charge is 0.395 e. The minimum Gasteiger partial charge on any atom is -0.395 e. The van der Waals surface area contributed by atoms with Crippen LogP contribution in [0.15, 0.2) is 42.5 Å². The van der Waals surface area contributed by atoms with Crippen LogP contribution in [0.1, 0.15) is 29.5 Å². The molecule has 4 nitrogen and oxygen atoms in total. The number of aliphatic hydroxyl groups excluding tert-OH is 1. The second-order valence-corrected chi connectivity index (χ2v) is 7.52. The summed E-state index contributed by atoms with van der Waals surface area (Å²) in [6.45, 7) is 5.68. The van der Waals surface area contributed by atoms with E-state index in [1.807, 2.05) is 6.07 Å². The number of rotatable bonds is 6. The Morgan fingerprint density at radius 1 is 1.11 bits per heavy atom. The Bertz CT molecular complexity index is 794. The lowest BCUT2D eigenvalue weighted by Gasteiger charge is -2.36. The molecule has 0 aliphatic carbocycles. The molecule has 0 spiro atoms. The molecule has 0 saturated carbocycles. The highest BCUT2D eigenvalue weighted by Gasteiger charge is 2.40. The first-order valence-electron chi connectivity index (χ1n) is 9.68. The van der Waals surface area contributed by atoms with Crippen molar-refractivity contribution < 1.29 is 14.6 Å². The van der Waals surface area contributed by atoms with Gasteiger partial charge in [-0.3, -0.25) is 4.79 Å². The van der Waals surface area contributed by atoms with Crippen molar-refractivity contribution in [1.29, 1.82) is 0 Å². The zero-order valence-corrected chi connectivity index (χ0v) is 16.3. The molecular formula is C23H29NO3. The smallest absolute Gasteiger partial charge is 0.226 e. The Labute approximate surface area is 161 Å². The van der Waals surface area contributed by atoms with Gasteiger partial charge >= 0.3 is 0 Å². The van der Waals surface area contributed by atoms with Gasteiger partial charge in [-0.1, -0.05) is 48.0 Å². The maximum Gasteiger partial charge on any atom is 0.226 e. The summed E-state index contributed by atoms with van der Waals surface area (Å²) >= 11 is 0. The highest BCUT2D eigenvalue weighted by atomic mass is 16.5. The summed E-state index contributed by atoms with van der Waals surface area (Å²) in [5.74, 6) is 0.0234. The second-order valence-electron chi connectivity index (χ2n) is 7.52. The first-order chi connectivity index (χ1) is 13.1. The molecule has 1 aliphatic heterocycles. The summed E-state index contributed by atoms with van der Waals surface area (Å²) in [4.78, 5) is 13.0. The standard InChI is InChI=1S/C23H29NO3/c1-17-7-8-20(18(2)15-17)21-6-4-3-5-19(21)16-23(9-13-27-14-10-23)22(26)24-11-12-25/h3-8,15,25H,9-14,16H2,1-2H3,(H,24,26). The van der Waals surface area contributed by atoms with E-state index in [4.69, 9.17) is 9.84 Å². The minimum absolute atomic E-state index is 0.0234. The molecule has 1 heterocycles. The van der Waals surface area contributed by atoms with E-state index in [-0.39, 0.29) is 12.5 Å². The van der Waals surface area contributed by atoms with Gasteiger partial charge in [0, 0.05) is 19.8 Å². The number of amides is 1. The van der Waals surface area contributed by atoms with Crippen LogP contribution in [-0.4, -0.2) is 37.4 Å². The van der Waals surface area contributed by atoms with Crippen LogP contribution in [0.4, 0.5) is 0 Å². The number of ether oxygens (including phenoxy) is 1. The van der Waals surface area contributed by atoms with Crippen molar-refractivity contribution in [2.24, 2.45) is 5.41 Å². The molecule has 4 heteroatoms. The van der Waals surface area contributed by atoms with Crippen molar-refractivity contribution in [2.45, 2.75) is 33.1 Å². The maximum absolute atomic E-state index is 13.0. The molecule has 2 aromatic rings. The molecule has 3 rings (SSSR count). The van der Waals surface area contributed by atoms with Crippen LogP contribution in [0.3, 0.4) is 0 Å². The number of carbonyl (C=O) groups excluding carboxylic acids is 1.